The lowest BCUT2D eigenvalue weighted by molar-refractivity contribution is -0.141. The van der Waals surface area contributed by atoms with Crippen LogP contribution in [0.2, 0.25) is 0 Å². The molecule has 198 valence electrons. The summed E-state index contributed by atoms with van der Waals surface area (Å²) in [7, 11) is 0. The number of carbonyl (C=O) groups is 1. The maximum absolute atomic E-state index is 13.0. The number of rotatable bonds is 7. The molecular formula is C25H28F3N5O3S. The van der Waals surface area contributed by atoms with Crippen LogP contribution in [0.25, 0.3) is 10.4 Å². The van der Waals surface area contributed by atoms with Gasteiger partial charge in [0, 0.05) is 43.5 Å². The lowest BCUT2D eigenvalue weighted by Gasteiger charge is -2.42. The molecule has 0 radical (unpaired) electrons. The van der Waals surface area contributed by atoms with Crippen molar-refractivity contribution < 1.29 is 28.2 Å². The Balaban J connectivity index is 1.57. The van der Waals surface area contributed by atoms with E-state index in [1.807, 2.05) is 19.9 Å². The van der Waals surface area contributed by atoms with Gasteiger partial charge in [0.2, 0.25) is 5.95 Å². The van der Waals surface area contributed by atoms with Gasteiger partial charge >= 0.3 is 12.3 Å². The predicted molar refractivity (Wildman–Crippen MR) is 134 cm³/mol. The second-order valence-corrected chi connectivity index (χ2v) is 10.3. The van der Waals surface area contributed by atoms with Crippen molar-refractivity contribution in [3.63, 3.8) is 0 Å². The Labute approximate surface area is 216 Å². The molecule has 1 aliphatic heterocycles. The zero-order chi connectivity index (χ0) is 26.8. The number of nitrogens with zero attached hydrogens (tertiary/aromatic N) is 4. The van der Waals surface area contributed by atoms with Crippen LogP contribution in [0, 0.1) is 6.92 Å². The van der Waals surface area contributed by atoms with Gasteiger partial charge in [0.05, 0.1) is 4.88 Å². The maximum atomic E-state index is 13.0. The summed E-state index contributed by atoms with van der Waals surface area (Å²) in [5, 5.41) is 24.4. The Morgan fingerprint density at radius 3 is 2.78 bits per heavy atom. The lowest BCUT2D eigenvalue weighted by atomic mass is 9.85. The molecule has 2 atom stereocenters. The molecule has 0 aliphatic carbocycles. The predicted octanol–water partition coefficient (Wildman–Crippen LogP) is 6.19. The Kier molecular flexibility index (Phi) is 7.69. The number of amides is 1. The van der Waals surface area contributed by atoms with Crippen LogP contribution < -0.4 is 5.32 Å². The minimum Gasteiger partial charge on any atom is -0.465 e. The molecule has 37 heavy (non-hydrogen) atoms. The first-order valence-electron chi connectivity index (χ1n) is 12.0. The Bertz CT molecular complexity index is 1270. The number of likely N-dealkylation sites (tertiary alicyclic amines) is 1. The first-order valence-corrected chi connectivity index (χ1v) is 12.8. The number of aryl methyl sites for hydroxylation is 1. The fraction of sp³-hybridized carbons (Fsp3) is 0.440. The first-order chi connectivity index (χ1) is 17.5. The van der Waals surface area contributed by atoms with Crippen molar-refractivity contribution in [3.05, 3.63) is 52.9 Å². The van der Waals surface area contributed by atoms with Gasteiger partial charge in [-0.15, -0.1) is 11.3 Å². The second-order valence-electron chi connectivity index (χ2n) is 9.26. The van der Waals surface area contributed by atoms with E-state index in [1.165, 1.54) is 16.2 Å². The van der Waals surface area contributed by atoms with Crippen LogP contribution >= 0.6 is 11.3 Å². The highest BCUT2D eigenvalue weighted by molar-refractivity contribution is 7.15. The van der Waals surface area contributed by atoms with E-state index in [4.69, 9.17) is 0 Å². The van der Waals surface area contributed by atoms with E-state index in [1.54, 1.807) is 18.3 Å². The smallest absolute Gasteiger partial charge is 0.433 e. The number of alkyl halides is 3. The number of aliphatic hydroxyl groups is 1. The number of benzene rings is 1. The molecule has 1 aromatic carbocycles. The highest BCUT2D eigenvalue weighted by Gasteiger charge is 2.43. The summed E-state index contributed by atoms with van der Waals surface area (Å²) in [6.07, 6.45) is 0.146. The molecule has 1 saturated heterocycles. The third kappa shape index (κ3) is 6.19. The van der Waals surface area contributed by atoms with Gasteiger partial charge in [0.1, 0.15) is 16.3 Å². The number of carboxylic acid groups (broad SMARTS) is 1. The fourth-order valence-corrected chi connectivity index (χ4v) is 5.59. The molecule has 4 rings (SSSR count). The van der Waals surface area contributed by atoms with Crippen molar-refractivity contribution in [1.82, 2.24) is 19.9 Å². The van der Waals surface area contributed by atoms with E-state index in [-0.39, 0.29) is 31.4 Å². The molecule has 1 fully saturated rings. The normalized spacial score (nSPS) is 20.2. The Morgan fingerprint density at radius 2 is 2.08 bits per heavy atom. The molecule has 2 unspecified atom stereocenters. The number of anilines is 2. The number of aromatic nitrogens is 3. The fourth-order valence-electron chi connectivity index (χ4n) is 4.56. The van der Waals surface area contributed by atoms with E-state index in [0.29, 0.717) is 17.1 Å². The number of piperidine rings is 1. The zero-order valence-electron chi connectivity index (χ0n) is 20.4. The van der Waals surface area contributed by atoms with Crippen molar-refractivity contribution in [3.8, 4) is 10.4 Å². The zero-order valence-corrected chi connectivity index (χ0v) is 21.2. The van der Waals surface area contributed by atoms with Crippen molar-refractivity contribution in [2.24, 2.45) is 0 Å². The van der Waals surface area contributed by atoms with E-state index < -0.39 is 23.6 Å². The minimum absolute atomic E-state index is 0.172. The van der Waals surface area contributed by atoms with Gasteiger partial charge in [0.15, 0.2) is 0 Å². The van der Waals surface area contributed by atoms with Crippen LogP contribution in [0.3, 0.4) is 0 Å². The van der Waals surface area contributed by atoms with Crippen LogP contribution in [-0.4, -0.2) is 48.7 Å². The van der Waals surface area contributed by atoms with E-state index in [9.17, 15) is 28.2 Å². The average Bonchev–Trinajstić information content (AvgIpc) is 3.33. The Hall–Kier alpha value is -3.25. The molecule has 0 spiro atoms. The average molecular weight is 536 g/mol. The molecule has 0 saturated carbocycles. The molecule has 1 amide bonds. The molecule has 3 N–H and O–H groups in total. The monoisotopic (exact) mass is 535 g/mol. The molecule has 2 aromatic heterocycles. The maximum Gasteiger partial charge on any atom is 0.433 e. The van der Waals surface area contributed by atoms with E-state index in [2.05, 4.69) is 20.3 Å². The molecule has 0 bridgehead atoms. The van der Waals surface area contributed by atoms with Crippen LogP contribution in [-0.2, 0) is 11.8 Å². The number of hydrogen-bond donors (Lipinski definition) is 3. The number of halogens is 3. The molecule has 3 aromatic rings. The molecule has 3 heterocycles. The van der Waals surface area contributed by atoms with Gasteiger partial charge in [-0.05, 0) is 42.7 Å². The summed E-state index contributed by atoms with van der Waals surface area (Å²) >= 11 is 1.32. The number of nitrogens with one attached hydrogen (secondary N) is 1. The molecule has 1 aliphatic rings. The summed E-state index contributed by atoms with van der Waals surface area (Å²) in [5.41, 5.74) is -0.131. The number of hydrogen-bond acceptors (Lipinski definition) is 7. The summed E-state index contributed by atoms with van der Waals surface area (Å²) in [6, 6.07) is 5.96. The lowest BCUT2D eigenvalue weighted by Crippen LogP contribution is -2.51. The molecular weight excluding hydrogens is 507 g/mol. The van der Waals surface area contributed by atoms with Crippen molar-refractivity contribution in [1.29, 1.82) is 0 Å². The highest BCUT2D eigenvalue weighted by atomic mass is 32.1. The van der Waals surface area contributed by atoms with Crippen molar-refractivity contribution in [2.75, 3.05) is 11.9 Å². The standard InChI is InChI=1S/C25H28F3N5O3S/c1-3-4-5-18-13-24(36,7-9-33(18)23(34)35)21-30-14-19(37-21)16-10-15(2)11-17(12-16)31-22-29-8-6-20(32-22)25(26,27)28/h6,8,10-12,14,18,36H,3-5,7,9,13H2,1-2H3,(H,34,35)(H,29,31,32). The highest BCUT2D eigenvalue weighted by Crippen LogP contribution is 2.41. The van der Waals surface area contributed by atoms with Gasteiger partial charge in [0.25, 0.3) is 0 Å². The topological polar surface area (TPSA) is 111 Å². The van der Waals surface area contributed by atoms with E-state index in [0.717, 1.165) is 41.1 Å². The quantitative estimate of drug-likeness (QED) is 0.331. The van der Waals surface area contributed by atoms with Crippen molar-refractivity contribution >= 4 is 29.1 Å². The third-order valence-corrected chi connectivity index (χ3v) is 7.62. The van der Waals surface area contributed by atoms with E-state index >= 15 is 0 Å². The summed E-state index contributed by atoms with van der Waals surface area (Å²) in [4.78, 5) is 25.8. The van der Waals surface area contributed by atoms with Crippen LogP contribution in [0.1, 0.15) is 55.3 Å². The molecule has 12 heteroatoms. The molecule has 8 nitrogen and oxygen atoms in total. The first kappa shape index (κ1) is 26.8. The van der Waals surface area contributed by atoms with Crippen LogP contribution in [0.15, 0.2) is 36.7 Å². The van der Waals surface area contributed by atoms with Gasteiger partial charge in [-0.2, -0.15) is 13.2 Å². The van der Waals surface area contributed by atoms with Crippen LogP contribution in [0.5, 0.6) is 0 Å². The third-order valence-electron chi connectivity index (χ3n) is 6.38. The van der Waals surface area contributed by atoms with Gasteiger partial charge in [-0.3, -0.25) is 0 Å². The van der Waals surface area contributed by atoms with Gasteiger partial charge < -0.3 is 20.4 Å². The Morgan fingerprint density at radius 1 is 1.30 bits per heavy atom. The number of thiazole rings is 1. The van der Waals surface area contributed by atoms with Crippen molar-refractivity contribution in [2.45, 2.75) is 63.8 Å². The largest absolute Gasteiger partial charge is 0.465 e. The van der Waals surface area contributed by atoms with Gasteiger partial charge in [-0.1, -0.05) is 25.8 Å². The summed E-state index contributed by atoms with van der Waals surface area (Å²) in [6.45, 7) is 4.12. The number of unbranched alkanes of at least 4 members (excludes halogenated alkanes) is 1. The SMILES string of the molecule is CCCCC1CC(O)(c2ncc(-c3cc(C)cc(Nc4nccc(C(F)(F)F)n4)c3)s2)CCN1C(=O)O. The van der Waals surface area contributed by atoms with Gasteiger partial charge in [-0.25, -0.2) is 19.7 Å². The second kappa shape index (κ2) is 10.6. The van der Waals surface area contributed by atoms with Crippen LogP contribution in [0.4, 0.5) is 29.6 Å². The minimum atomic E-state index is -4.58. The summed E-state index contributed by atoms with van der Waals surface area (Å²) < 4.78 is 39.0. The summed E-state index contributed by atoms with van der Waals surface area (Å²) in [5.74, 6) is -0.172.